The summed E-state index contributed by atoms with van der Waals surface area (Å²) >= 11 is 0. The molecule has 124 valence electrons. The van der Waals surface area contributed by atoms with Crippen molar-refractivity contribution >= 4 is 11.7 Å². The van der Waals surface area contributed by atoms with Crippen LogP contribution in [0.1, 0.15) is 30.0 Å². The molecule has 2 amide bonds. The SMILES string of the molecule is O=C(Nc1ccc(F)cc1F)N1C2CCC1c1ccnc(F)c1C2. The van der Waals surface area contributed by atoms with Crippen LogP contribution >= 0.6 is 0 Å². The van der Waals surface area contributed by atoms with Gasteiger partial charge in [0.25, 0.3) is 0 Å². The number of carbonyl (C=O) groups is 1. The Morgan fingerprint density at radius 3 is 2.83 bits per heavy atom. The van der Waals surface area contributed by atoms with Crippen LogP contribution in [0.3, 0.4) is 0 Å². The van der Waals surface area contributed by atoms with Crippen molar-refractivity contribution < 1.29 is 18.0 Å². The van der Waals surface area contributed by atoms with Crippen molar-refractivity contribution in [2.45, 2.75) is 31.3 Å². The van der Waals surface area contributed by atoms with Gasteiger partial charge in [0, 0.05) is 23.9 Å². The van der Waals surface area contributed by atoms with Gasteiger partial charge in [0.15, 0.2) is 0 Å². The summed E-state index contributed by atoms with van der Waals surface area (Å²) in [5.74, 6) is -2.03. The lowest BCUT2D eigenvalue weighted by atomic mass is 9.95. The standard InChI is InChI=1S/C17H14F3N3O/c18-9-1-3-14(13(19)7-9)22-17(24)23-10-2-4-15(23)11-5-6-21-16(20)12(11)8-10/h1,3,5-7,10,15H,2,4,8H2,(H,22,24). The fourth-order valence-corrected chi connectivity index (χ4v) is 3.70. The van der Waals surface area contributed by atoms with Crippen molar-refractivity contribution in [1.82, 2.24) is 9.88 Å². The summed E-state index contributed by atoms with van der Waals surface area (Å²) < 4.78 is 40.6. The van der Waals surface area contributed by atoms with Crippen LogP contribution in [-0.2, 0) is 6.42 Å². The van der Waals surface area contributed by atoms with Gasteiger partial charge in [-0.3, -0.25) is 0 Å². The summed E-state index contributed by atoms with van der Waals surface area (Å²) in [6.45, 7) is 0. The summed E-state index contributed by atoms with van der Waals surface area (Å²) in [5.41, 5.74) is 1.24. The summed E-state index contributed by atoms with van der Waals surface area (Å²) in [6.07, 6.45) is 3.26. The molecule has 24 heavy (non-hydrogen) atoms. The highest BCUT2D eigenvalue weighted by Crippen LogP contribution is 2.44. The summed E-state index contributed by atoms with van der Waals surface area (Å²) in [7, 11) is 0. The molecule has 0 radical (unpaired) electrons. The van der Waals surface area contributed by atoms with Crippen LogP contribution in [0.25, 0.3) is 0 Å². The lowest BCUT2D eigenvalue weighted by Crippen LogP contribution is -2.44. The Labute approximate surface area is 136 Å². The number of nitrogens with zero attached hydrogens (tertiary/aromatic N) is 2. The molecule has 4 rings (SSSR count). The van der Waals surface area contributed by atoms with E-state index >= 15 is 0 Å². The van der Waals surface area contributed by atoms with Gasteiger partial charge >= 0.3 is 6.03 Å². The Kier molecular flexibility index (Phi) is 3.44. The molecular formula is C17H14F3N3O. The number of hydrogen-bond donors (Lipinski definition) is 1. The molecule has 0 aliphatic carbocycles. The van der Waals surface area contributed by atoms with E-state index in [1.807, 2.05) is 0 Å². The number of aromatic nitrogens is 1. The number of amides is 2. The third-order valence-electron chi connectivity index (χ3n) is 4.75. The molecule has 2 aliphatic rings. The lowest BCUT2D eigenvalue weighted by molar-refractivity contribution is 0.178. The molecule has 4 nitrogen and oxygen atoms in total. The minimum Gasteiger partial charge on any atom is -0.314 e. The molecule has 2 bridgehead atoms. The zero-order valence-electron chi connectivity index (χ0n) is 12.6. The van der Waals surface area contributed by atoms with E-state index in [0.717, 1.165) is 30.5 Å². The number of anilines is 1. The number of fused-ring (bicyclic) bond motifs is 4. The molecule has 2 aliphatic heterocycles. The average molecular weight is 333 g/mol. The lowest BCUT2D eigenvalue weighted by Gasteiger charge is -2.36. The maximum absolute atomic E-state index is 13.9. The van der Waals surface area contributed by atoms with E-state index in [1.165, 1.54) is 12.3 Å². The first-order valence-electron chi connectivity index (χ1n) is 7.72. The van der Waals surface area contributed by atoms with E-state index in [0.29, 0.717) is 12.0 Å². The minimum absolute atomic E-state index is 0.0764. The van der Waals surface area contributed by atoms with E-state index < -0.39 is 23.6 Å². The summed E-state index contributed by atoms with van der Waals surface area (Å²) in [4.78, 5) is 17.9. The van der Waals surface area contributed by atoms with Crippen molar-refractivity contribution in [2.24, 2.45) is 0 Å². The van der Waals surface area contributed by atoms with Crippen molar-refractivity contribution in [3.05, 3.63) is 59.2 Å². The largest absolute Gasteiger partial charge is 0.322 e. The molecule has 2 atom stereocenters. The number of rotatable bonds is 1. The van der Waals surface area contributed by atoms with Crippen LogP contribution in [0.2, 0.25) is 0 Å². The molecule has 0 saturated carbocycles. The van der Waals surface area contributed by atoms with E-state index in [-0.39, 0.29) is 17.8 Å². The minimum atomic E-state index is -0.830. The van der Waals surface area contributed by atoms with Gasteiger partial charge in [0.1, 0.15) is 11.6 Å². The van der Waals surface area contributed by atoms with Crippen LogP contribution in [0.4, 0.5) is 23.7 Å². The second kappa shape index (κ2) is 5.51. The van der Waals surface area contributed by atoms with Crippen molar-refractivity contribution in [3.63, 3.8) is 0 Å². The smallest absolute Gasteiger partial charge is 0.314 e. The first-order chi connectivity index (χ1) is 11.5. The highest BCUT2D eigenvalue weighted by molar-refractivity contribution is 5.90. The predicted octanol–water partition coefficient (Wildman–Crippen LogP) is 3.79. The molecule has 1 saturated heterocycles. The van der Waals surface area contributed by atoms with Crippen molar-refractivity contribution in [3.8, 4) is 0 Å². The highest BCUT2D eigenvalue weighted by atomic mass is 19.1. The molecule has 1 aromatic heterocycles. The van der Waals surface area contributed by atoms with Crippen LogP contribution in [0.15, 0.2) is 30.5 Å². The van der Waals surface area contributed by atoms with Gasteiger partial charge in [0.2, 0.25) is 5.95 Å². The van der Waals surface area contributed by atoms with E-state index in [1.54, 1.807) is 11.0 Å². The Balaban J connectivity index is 1.62. The summed E-state index contributed by atoms with van der Waals surface area (Å²) in [6, 6.07) is 3.85. The van der Waals surface area contributed by atoms with Gasteiger partial charge < -0.3 is 10.2 Å². The van der Waals surface area contributed by atoms with Gasteiger partial charge in [-0.2, -0.15) is 4.39 Å². The van der Waals surface area contributed by atoms with Crippen LogP contribution in [0.5, 0.6) is 0 Å². The highest BCUT2D eigenvalue weighted by Gasteiger charge is 2.43. The quantitative estimate of drug-likeness (QED) is 0.807. The van der Waals surface area contributed by atoms with Crippen molar-refractivity contribution in [2.75, 3.05) is 5.32 Å². The fourth-order valence-electron chi connectivity index (χ4n) is 3.70. The molecule has 2 aromatic rings. The Bertz CT molecular complexity index is 827. The summed E-state index contributed by atoms with van der Waals surface area (Å²) in [5, 5.41) is 2.49. The Morgan fingerprint density at radius 2 is 2.04 bits per heavy atom. The second-order valence-electron chi connectivity index (χ2n) is 6.08. The first-order valence-corrected chi connectivity index (χ1v) is 7.72. The number of pyridine rings is 1. The molecule has 0 spiro atoms. The first kappa shape index (κ1) is 15.0. The normalized spacial score (nSPS) is 21.5. The molecule has 2 unspecified atom stereocenters. The second-order valence-corrected chi connectivity index (χ2v) is 6.08. The molecule has 7 heteroatoms. The Hall–Kier alpha value is -2.57. The number of nitrogens with one attached hydrogen (secondary N) is 1. The molecule has 1 N–H and O–H groups in total. The zero-order valence-corrected chi connectivity index (χ0v) is 12.6. The molecule has 1 aromatic carbocycles. The maximum Gasteiger partial charge on any atom is 0.322 e. The van der Waals surface area contributed by atoms with E-state index in [4.69, 9.17) is 0 Å². The van der Waals surface area contributed by atoms with Crippen LogP contribution in [0, 0.1) is 17.6 Å². The van der Waals surface area contributed by atoms with E-state index in [2.05, 4.69) is 10.3 Å². The number of urea groups is 1. The van der Waals surface area contributed by atoms with Crippen molar-refractivity contribution in [1.29, 1.82) is 0 Å². The Morgan fingerprint density at radius 1 is 1.21 bits per heavy atom. The monoisotopic (exact) mass is 333 g/mol. The van der Waals surface area contributed by atoms with Gasteiger partial charge in [-0.05, 0) is 43.0 Å². The van der Waals surface area contributed by atoms with Crippen LogP contribution < -0.4 is 5.32 Å². The van der Waals surface area contributed by atoms with Gasteiger partial charge in [0.05, 0.1) is 11.7 Å². The number of halogens is 3. The average Bonchev–Trinajstić information content (AvgIpc) is 2.86. The number of benzene rings is 1. The number of hydrogen-bond acceptors (Lipinski definition) is 2. The molecule has 1 fully saturated rings. The zero-order chi connectivity index (χ0) is 16.8. The number of carbonyl (C=O) groups excluding carboxylic acids is 1. The predicted molar refractivity (Wildman–Crippen MR) is 80.9 cm³/mol. The molecular weight excluding hydrogens is 319 g/mol. The van der Waals surface area contributed by atoms with Gasteiger partial charge in [-0.15, -0.1) is 0 Å². The third kappa shape index (κ3) is 2.31. The fraction of sp³-hybridized carbons (Fsp3) is 0.294. The van der Waals surface area contributed by atoms with Gasteiger partial charge in [-0.25, -0.2) is 18.6 Å². The topological polar surface area (TPSA) is 45.2 Å². The molecule has 3 heterocycles. The maximum atomic E-state index is 13.9. The van der Waals surface area contributed by atoms with Gasteiger partial charge in [-0.1, -0.05) is 0 Å². The van der Waals surface area contributed by atoms with E-state index in [9.17, 15) is 18.0 Å². The van der Waals surface area contributed by atoms with Crippen LogP contribution in [-0.4, -0.2) is 22.0 Å². The third-order valence-corrected chi connectivity index (χ3v) is 4.75.